The van der Waals surface area contributed by atoms with Gasteiger partial charge in [-0.3, -0.25) is 9.69 Å². The summed E-state index contributed by atoms with van der Waals surface area (Å²) < 4.78 is 10.8. The van der Waals surface area contributed by atoms with E-state index in [9.17, 15) is 4.79 Å². The highest BCUT2D eigenvalue weighted by molar-refractivity contribution is 5.91. The third kappa shape index (κ3) is 5.04. The molecule has 1 aliphatic carbocycles. The van der Waals surface area contributed by atoms with Crippen LogP contribution in [0.1, 0.15) is 73.2 Å². The molecule has 0 bridgehead atoms. The average molecular weight is 412 g/mol. The molecule has 1 aliphatic heterocycles. The predicted octanol–water partition coefficient (Wildman–Crippen LogP) is 4.37. The fourth-order valence-corrected chi connectivity index (χ4v) is 4.83. The Morgan fingerprint density at radius 2 is 2.10 bits per heavy atom. The third-order valence-electron chi connectivity index (χ3n) is 6.64. The van der Waals surface area contributed by atoms with Gasteiger partial charge in [-0.1, -0.05) is 37.1 Å². The fourth-order valence-electron chi connectivity index (χ4n) is 4.83. The van der Waals surface area contributed by atoms with Crippen LogP contribution in [0.15, 0.2) is 34.9 Å². The standard InChI is InChI=1S/C24H33N3O3/c1-17-7-3-4-11-21(17)25-24(28)23-14-22(26-30-23)19-9-6-12-27(16-19)15-18-8-5-10-20(13-18)29-2/h5,8,10,13-14,17,19,21H,3-4,6-7,9,11-12,15-16H2,1-2H3,(H,25,28). The molecule has 4 rings (SSSR count). The first kappa shape index (κ1) is 20.9. The van der Waals surface area contributed by atoms with Gasteiger partial charge in [-0.15, -0.1) is 0 Å². The van der Waals surface area contributed by atoms with Crippen molar-refractivity contribution in [3.05, 3.63) is 47.3 Å². The van der Waals surface area contributed by atoms with Gasteiger partial charge in [-0.05, 0) is 55.8 Å². The average Bonchev–Trinajstić information content (AvgIpc) is 3.26. The number of methoxy groups -OCH3 is 1. The maximum Gasteiger partial charge on any atom is 0.290 e. The molecular formula is C24H33N3O3. The van der Waals surface area contributed by atoms with Gasteiger partial charge in [0, 0.05) is 31.1 Å². The number of hydrogen-bond donors (Lipinski definition) is 1. The summed E-state index contributed by atoms with van der Waals surface area (Å²) in [6.07, 6.45) is 6.86. The van der Waals surface area contributed by atoms with Crippen LogP contribution in [0.5, 0.6) is 5.75 Å². The van der Waals surface area contributed by atoms with Crippen LogP contribution in [-0.4, -0.2) is 42.2 Å². The number of amides is 1. The molecule has 1 saturated carbocycles. The number of carbonyl (C=O) groups is 1. The Balaban J connectivity index is 1.36. The number of hydrogen-bond acceptors (Lipinski definition) is 5. The van der Waals surface area contributed by atoms with E-state index in [1.165, 1.54) is 24.8 Å². The Labute approximate surface area is 179 Å². The Morgan fingerprint density at radius 1 is 1.23 bits per heavy atom. The Hall–Kier alpha value is -2.34. The zero-order valence-corrected chi connectivity index (χ0v) is 18.1. The van der Waals surface area contributed by atoms with Crippen molar-refractivity contribution < 1.29 is 14.1 Å². The molecule has 1 aromatic carbocycles. The number of benzene rings is 1. The summed E-state index contributed by atoms with van der Waals surface area (Å²) in [6, 6.07) is 10.3. The zero-order valence-electron chi connectivity index (χ0n) is 18.1. The Bertz CT molecular complexity index is 850. The molecule has 2 fully saturated rings. The van der Waals surface area contributed by atoms with Crippen molar-refractivity contribution >= 4 is 5.91 Å². The van der Waals surface area contributed by atoms with Crippen LogP contribution < -0.4 is 10.1 Å². The largest absolute Gasteiger partial charge is 0.497 e. The Kier molecular flexibility index (Phi) is 6.72. The molecular weight excluding hydrogens is 378 g/mol. The molecule has 0 spiro atoms. The maximum absolute atomic E-state index is 12.7. The SMILES string of the molecule is COc1cccc(CN2CCCC(c3cc(C(=O)NC4CCCCC4C)on3)C2)c1. The smallest absolute Gasteiger partial charge is 0.290 e. The van der Waals surface area contributed by atoms with E-state index in [1.54, 1.807) is 7.11 Å². The van der Waals surface area contributed by atoms with Crippen molar-refractivity contribution in [1.29, 1.82) is 0 Å². The molecule has 1 N–H and O–H groups in total. The fraction of sp³-hybridized carbons (Fsp3) is 0.583. The summed E-state index contributed by atoms with van der Waals surface area (Å²) in [5, 5.41) is 7.42. The lowest BCUT2D eigenvalue weighted by molar-refractivity contribution is 0.0872. The lowest BCUT2D eigenvalue weighted by Gasteiger charge is -2.31. The minimum absolute atomic E-state index is 0.128. The van der Waals surface area contributed by atoms with Crippen LogP contribution in [0.4, 0.5) is 0 Å². The topological polar surface area (TPSA) is 67.6 Å². The van der Waals surface area contributed by atoms with Crippen molar-refractivity contribution in [3.63, 3.8) is 0 Å². The van der Waals surface area contributed by atoms with Crippen molar-refractivity contribution in [2.45, 2.75) is 64.0 Å². The van der Waals surface area contributed by atoms with E-state index >= 15 is 0 Å². The molecule has 1 saturated heterocycles. The van der Waals surface area contributed by atoms with Crippen LogP contribution in [0.3, 0.4) is 0 Å². The molecule has 1 aromatic heterocycles. The second-order valence-corrected chi connectivity index (χ2v) is 8.88. The molecule has 1 amide bonds. The highest BCUT2D eigenvalue weighted by atomic mass is 16.5. The van der Waals surface area contributed by atoms with Crippen LogP contribution in [-0.2, 0) is 6.54 Å². The highest BCUT2D eigenvalue weighted by Gasteiger charge is 2.28. The molecule has 6 nitrogen and oxygen atoms in total. The number of rotatable bonds is 6. The van der Waals surface area contributed by atoms with Gasteiger partial charge in [0.25, 0.3) is 5.91 Å². The van der Waals surface area contributed by atoms with Crippen molar-refractivity contribution in [2.75, 3.05) is 20.2 Å². The van der Waals surface area contributed by atoms with E-state index in [2.05, 4.69) is 34.4 Å². The monoisotopic (exact) mass is 411 g/mol. The van der Waals surface area contributed by atoms with Gasteiger partial charge in [0.15, 0.2) is 0 Å². The van der Waals surface area contributed by atoms with Gasteiger partial charge < -0.3 is 14.6 Å². The summed E-state index contributed by atoms with van der Waals surface area (Å²) in [6.45, 7) is 5.09. The van der Waals surface area contributed by atoms with Gasteiger partial charge in [0.2, 0.25) is 5.76 Å². The number of ether oxygens (including phenoxy) is 1. The summed E-state index contributed by atoms with van der Waals surface area (Å²) in [5.41, 5.74) is 2.14. The first-order valence-electron chi connectivity index (χ1n) is 11.2. The minimum atomic E-state index is -0.128. The molecule has 0 radical (unpaired) electrons. The minimum Gasteiger partial charge on any atom is -0.497 e. The number of nitrogens with one attached hydrogen (secondary N) is 1. The first-order valence-corrected chi connectivity index (χ1v) is 11.2. The number of carbonyl (C=O) groups excluding carboxylic acids is 1. The third-order valence-corrected chi connectivity index (χ3v) is 6.64. The molecule has 162 valence electrons. The van der Waals surface area contributed by atoms with Gasteiger partial charge in [0.05, 0.1) is 12.8 Å². The van der Waals surface area contributed by atoms with Crippen molar-refractivity contribution in [2.24, 2.45) is 5.92 Å². The molecule has 2 aliphatic rings. The lowest BCUT2D eigenvalue weighted by atomic mass is 9.86. The molecule has 2 aromatic rings. The van der Waals surface area contributed by atoms with Gasteiger partial charge in [-0.2, -0.15) is 0 Å². The van der Waals surface area contributed by atoms with Crippen LogP contribution in [0.2, 0.25) is 0 Å². The quantitative estimate of drug-likeness (QED) is 0.764. The predicted molar refractivity (Wildman–Crippen MR) is 116 cm³/mol. The van der Waals surface area contributed by atoms with Gasteiger partial charge >= 0.3 is 0 Å². The van der Waals surface area contributed by atoms with E-state index in [-0.39, 0.29) is 11.9 Å². The number of likely N-dealkylation sites (tertiary alicyclic amines) is 1. The Morgan fingerprint density at radius 3 is 2.93 bits per heavy atom. The highest BCUT2D eigenvalue weighted by Crippen LogP contribution is 2.28. The molecule has 3 atom stereocenters. The second-order valence-electron chi connectivity index (χ2n) is 8.88. The summed E-state index contributed by atoms with van der Waals surface area (Å²) >= 11 is 0. The number of piperidine rings is 1. The van der Waals surface area contributed by atoms with Crippen LogP contribution in [0, 0.1) is 5.92 Å². The molecule has 2 heterocycles. The van der Waals surface area contributed by atoms with Crippen molar-refractivity contribution in [1.82, 2.24) is 15.4 Å². The number of aromatic nitrogens is 1. The summed E-state index contributed by atoms with van der Waals surface area (Å²) in [4.78, 5) is 15.1. The van der Waals surface area contributed by atoms with Gasteiger partial charge in [-0.25, -0.2) is 0 Å². The zero-order chi connectivity index (χ0) is 20.9. The van der Waals surface area contributed by atoms with E-state index in [4.69, 9.17) is 9.26 Å². The molecule has 30 heavy (non-hydrogen) atoms. The van der Waals surface area contributed by atoms with Crippen LogP contribution >= 0.6 is 0 Å². The first-order chi connectivity index (χ1) is 14.6. The normalized spacial score (nSPS) is 25.1. The van der Waals surface area contributed by atoms with Crippen molar-refractivity contribution in [3.8, 4) is 5.75 Å². The summed E-state index contributed by atoms with van der Waals surface area (Å²) in [7, 11) is 1.70. The second kappa shape index (κ2) is 9.65. The van der Waals surface area contributed by atoms with E-state index in [0.717, 1.165) is 50.3 Å². The molecule has 3 unspecified atom stereocenters. The lowest BCUT2D eigenvalue weighted by Crippen LogP contribution is -2.40. The van der Waals surface area contributed by atoms with E-state index in [0.29, 0.717) is 17.6 Å². The number of nitrogens with zero attached hydrogens (tertiary/aromatic N) is 2. The molecule has 6 heteroatoms. The van der Waals surface area contributed by atoms with E-state index in [1.807, 2.05) is 18.2 Å². The van der Waals surface area contributed by atoms with E-state index < -0.39 is 0 Å². The summed E-state index contributed by atoms with van der Waals surface area (Å²) in [5.74, 6) is 1.92. The van der Waals surface area contributed by atoms with Crippen LogP contribution in [0.25, 0.3) is 0 Å². The van der Waals surface area contributed by atoms with Gasteiger partial charge in [0.1, 0.15) is 5.75 Å². The maximum atomic E-state index is 12.7.